The zero-order valence-electron chi connectivity index (χ0n) is 12.4. The van der Waals surface area contributed by atoms with Gasteiger partial charge in [0.05, 0.1) is 19.3 Å². The van der Waals surface area contributed by atoms with Crippen LogP contribution in [0.4, 0.5) is 5.82 Å². The molecule has 1 aliphatic rings. The molecule has 2 N–H and O–H groups in total. The van der Waals surface area contributed by atoms with E-state index in [1.807, 2.05) is 12.3 Å². The molecule has 1 saturated heterocycles. The fourth-order valence-electron chi connectivity index (χ4n) is 2.32. The van der Waals surface area contributed by atoms with Gasteiger partial charge in [-0.3, -0.25) is 4.90 Å². The third-order valence-corrected chi connectivity index (χ3v) is 3.60. The number of aromatic nitrogens is 1. The van der Waals surface area contributed by atoms with Gasteiger partial charge < -0.3 is 15.2 Å². The molecule has 2 heterocycles. The highest BCUT2D eigenvalue weighted by Crippen LogP contribution is 2.15. The Balaban J connectivity index is 1.91. The maximum Gasteiger partial charge on any atom is 0.125 e. The Hall–Kier alpha value is -1.17. The monoisotopic (exact) mass is 279 g/mol. The van der Waals surface area contributed by atoms with Gasteiger partial charge in [-0.25, -0.2) is 4.98 Å². The fraction of sp³-hybridized carbons (Fsp3) is 0.667. The van der Waals surface area contributed by atoms with Crippen LogP contribution in [0.15, 0.2) is 18.3 Å². The second-order valence-corrected chi connectivity index (χ2v) is 5.39. The third kappa shape index (κ3) is 4.16. The highest BCUT2D eigenvalue weighted by atomic mass is 16.5. The number of aliphatic hydroxyl groups is 1. The van der Waals surface area contributed by atoms with E-state index in [0.717, 1.165) is 31.9 Å². The van der Waals surface area contributed by atoms with Crippen LogP contribution >= 0.6 is 0 Å². The molecule has 0 aliphatic carbocycles. The summed E-state index contributed by atoms with van der Waals surface area (Å²) in [6, 6.07) is 4.51. The zero-order chi connectivity index (χ0) is 14.4. The van der Waals surface area contributed by atoms with Gasteiger partial charge in [-0.05, 0) is 25.0 Å². The summed E-state index contributed by atoms with van der Waals surface area (Å²) in [7, 11) is 0. The molecule has 0 radical (unpaired) electrons. The van der Waals surface area contributed by atoms with Crippen molar-refractivity contribution in [1.29, 1.82) is 0 Å². The molecule has 1 aliphatic heterocycles. The summed E-state index contributed by atoms with van der Waals surface area (Å²) in [5, 5.41) is 12.5. The van der Waals surface area contributed by atoms with E-state index in [2.05, 4.69) is 35.1 Å². The number of hydrogen-bond donors (Lipinski definition) is 2. The number of rotatable bonds is 6. The molecular formula is C15H25N3O2. The number of pyridine rings is 1. The number of aliphatic hydroxyl groups excluding tert-OH is 1. The van der Waals surface area contributed by atoms with E-state index in [1.165, 1.54) is 5.56 Å². The summed E-state index contributed by atoms with van der Waals surface area (Å²) in [4.78, 5) is 6.76. The van der Waals surface area contributed by atoms with Gasteiger partial charge in [-0.15, -0.1) is 0 Å². The minimum Gasteiger partial charge on any atom is -0.394 e. The molecule has 0 spiro atoms. The van der Waals surface area contributed by atoms with Crippen molar-refractivity contribution in [2.24, 2.45) is 0 Å². The van der Waals surface area contributed by atoms with Crippen molar-refractivity contribution in [1.82, 2.24) is 9.88 Å². The molecule has 2 unspecified atom stereocenters. The Labute approximate surface area is 121 Å². The molecule has 2 rings (SSSR count). The number of ether oxygens (including phenoxy) is 1. The first-order chi connectivity index (χ1) is 9.72. The van der Waals surface area contributed by atoms with Crippen LogP contribution in [0.1, 0.15) is 25.8 Å². The van der Waals surface area contributed by atoms with Crippen molar-refractivity contribution >= 4 is 5.82 Å². The average molecular weight is 279 g/mol. The highest BCUT2D eigenvalue weighted by Gasteiger charge is 2.25. The molecule has 1 fully saturated rings. The van der Waals surface area contributed by atoms with Crippen molar-refractivity contribution in [3.63, 3.8) is 0 Å². The number of morpholine rings is 1. The molecule has 112 valence electrons. The topological polar surface area (TPSA) is 57.6 Å². The molecule has 1 aromatic heterocycles. The largest absolute Gasteiger partial charge is 0.394 e. The first kappa shape index (κ1) is 15.2. The molecule has 0 bridgehead atoms. The van der Waals surface area contributed by atoms with Crippen molar-refractivity contribution in [2.75, 3.05) is 31.6 Å². The minimum atomic E-state index is -0.0651. The van der Waals surface area contributed by atoms with Crippen molar-refractivity contribution in [2.45, 2.75) is 39.0 Å². The SMILES string of the molecule is CCCNc1ccc(CN2CC(CO)OCC2C)cn1. The number of hydrogen-bond acceptors (Lipinski definition) is 5. The Morgan fingerprint density at radius 3 is 3.00 bits per heavy atom. The normalized spacial score (nSPS) is 23.8. The molecule has 2 atom stereocenters. The van der Waals surface area contributed by atoms with Crippen LogP contribution in [0.2, 0.25) is 0 Å². The number of nitrogens with zero attached hydrogens (tertiary/aromatic N) is 2. The van der Waals surface area contributed by atoms with Gasteiger partial charge in [0.25, 0.3) is 0 Å². The van der Waals surface area contributed by atoms with Crippen LogP contribution in [-0.4, -0.2) is 53.4 Å². The molecule has 5 nitrogen and oxygen atoms in total. The average Bonchev–Trinajstić information content (AvgIpc) is 2.49. The molecule has 20 heavy (non-hydrogen) atoms. The summed E-state index contributed by atoms with van der Waals surface area (Å²) in [6.45, 7) is 7.62. The van der Waals surface area contributed by atoms with E-state index in [4.69, 9.17) is 4.74 Å². The first-order valence-corrected chi connectivity index (χ1v) is 7.38. The molecular weight excluding hydrogens is 254 g/mol. The zero-order valence-corrected chi connectivity index (χ0v) is 12.4. The predicted octanol–water partition coefficient (Wildman–Crippen LogP) is 1.49. The van der Waals surface area contributed by atoms with Gasteiger partial charge >= 0.3 is 0 Å². The fourth-order valence-corrected chi connectivity index (χ4v) is 2.32. The first-order valence-electron chi connectivity index (χ1n) is 7.38. The predicted molar refractivity (Wildman–Crippen MR) is 79.7 cm³/mol. The van der Waals surface area contributed by atoms with Crippen molar-refractivity contribution in [3.05, 3.63) is 23.9 Å². The van der Waals surface area contributed by atoms with Crippen LogP contribution in [0.3, 0.4) is 0 Å². The lowest BCUT2D eigenvalue weighted by Crippen LogP contribution is -2.48. The van der Waals surface area contributed by atoms with E-state index in [9.17, 15) is 5.11 Å². The van der Waals surface area contributed by atoms with E-state index < -0.39 is 0 Å². The van der Waals surface area contributed by atoms with E-state index in [0.29, 0.717) is 12.6 Å². The number of nitrogens with one attached hydrogen (secondary N) is 1. The molecule has 5 heteroatoms. The Morgan fingerprint density at radius 1 is 1.50 bits per heavy atom. The van der Waals surface area contributed by atoms with Crippen molar-refractivity contribution < 1.29 is 9.84 Å². The summed E-state index contributed by atoms with van der Waals surface area (Å²) in [6.07, 6.45) is 2.95. The van der Waals surface area contributed by atoms with Gasteiger partial charge in [-0.2, -0.15) is 0 Å². The van der Waals surface area contributed by atoms with Gasteiger partial charge in [0.2, 0.25) is 0 Å². The molecule has 1 aromatic rings. The van der Waals surface area contributed by atoms with Gasteiger partial charge in [0, 0.05) is 31.9 Å². The second-order valence-electron chi connectivity index (χ2n) is 5.39. The molecule has 0 aromatic carbocycles. The Morgan fingerprint density at radius 2 is 2.35 bits per heavy atom. The van der Waals surface area contributed by atoms with Crippen LogP contribution in [0.25, 0.3) is 0 Å². The summed E-state index contributed by atoms with van der Waals surface area (Å²) < 4.78 is 5.55. The van der Waals surface area contributed by atoms with E-state index in [-0.39, 0.29) is 12.7 Å². The van der Waals surface area contributed by atoms with Gasteiger partial charge in [0.1, 0.15) is 5.82 Å². The summed E-state index contributed by atoms with van der Waals surface area (Å²) in [5.41, 5.74) is 1.19. The van der Waals surface area contributed by atoms with Crippen LogP contribution in [0, 0.1) is 0 Å². The minimum absolute atomic E-state index is 0.0651. The van der Waals surface area contributed by atoms with E-state index in [1.54, 1.807) is 0 Å². The maximum atomic E-state index is 9.21. The molecule has 0 amide bonds. The Kier molecular flexibility index (Phi) is 5.76. The second kappa shape index (κ2) is 7.57. The van der Waals surface area contributed by atoms with Crippen LogP contribution < -0.4 is 5.32 Å². The lowest BCUT2D eigenvalue weighted by atomic mass is 10.1. The lowest BCUT2D eigenvalue weighted by Gasteiger charge is -2.37. The standard InChI is InChI=1S/C15H25N3O2/c1-3-6-16-15-5-4-13(7-17-15)8-18-9-14(10-19)20-11-12(18)2/h4-5,7,12,14,19H,3,6,8-11H2,1-2H3,(H,16,17). The van der Waals surface area contributed by atoms with Crippen molar-refractivity contribution in [3.8, 4) is 0 Å². The molecule has 0 saturated carbocycles. The van der Waals surface area contributed by atoms with Gasteiger partial charge in [-0.1, -0.05) is 13.0 Å². The maximum absolute atomic E-state index is 9.21. The highest BCUT2D eigenvalue weighted by molar-refractivity contribution is 5.35. The smallest absolute Gasteiger partial charge is 0.125 e. The quantitative estimate of drug-likeness (QED) is 0.826. The Bertz CT molecular complexity index is 397. The van der Waals surface area contributed by atoms with E-state index >= 15 is 0 Å². The number of anilines is 1. The van der Waals surface area contributed by atoms with Crippen LogP contribution in [-0.2, 0) is 11.3 Å². The van der Waals surface area contributed by atoms with Crippen LogP contribution in [0.5, 0.6) is 0 Å². The third-order valence-electron chi connectivity index (χ3n) is 3.60. The van der Waals surface area contributed by atoms with Gasteiger partial charge in [0.15, 0.2) is 0 Å². The lowest BCUT2D eigenvalue weighted by molar-refractivity contribution is -0.0805. The summed E-state index contributed by atoms with van der Waals surface area (Å²) >= 11 is 0. The summed E-state index contributed by atoms with van der Waals surface area (Å²) in [5.74, 6) is 0.930.